The van der Waals surface area contributed by atoms with Crippen LogP contribution in [0, 0.1) is 6.92 Å². The van der Waals surface area contributed by atoms with Crippen molar-refractivity contribution in [2.75, 3.05) is 32.7 Å². The Morgan fingerprint density at radius 3 is 2.88 bits per heavy atom. The van der Waals surface area contributed by atoms with Crippen molar-refractivity contribution in [3.8, 4) is 0 Å². The third kappa shape index (κ3) is 6.22. The molecular weight excluding hydrogens is 304 g/mol. The number of likely N-dealkylation sites (tertiary alicyclic amines) is 1. The largest absolute Gasteiger partial charge is 0.357 e. The molecule has 1 aliphatic rings. The predicted octanol–water partition coefficient (Wildman–Crippen LogP) is 1.15. The third-order valence-electron chi connectivity index (χ3n) is 3.99. The highest BCUT2D eigenvalue weighted by molar-refractivity contribution is 5.79. The third-order valence-corrected chi connectivity index (χ3v) is 3.99. The fourth-order valence-electron chi connectivity index (χ4n) is 2.77. The molecule has 134 valence electrons. The van der Waals surface area contributed by atoms with Crippen LogP contribution < -0.4 is 10.6 Å². The van der Waals surface area contributed by atoms with E-state index in [2.05, 4.69) is 33.8 Å². The summed E-state index contributed by atoms with van der Waals surface area (Å²) in [4.78, 5) is 18.1. The van der Waals surface area contributed by atoms with Gasteiger partial charge in [0.25, 0.3) is 0 Å². The lowest BCUT2D eigenvalue weighted by atomic mass is 10.4. The van der Waals surface area contributed by atoms with Crippen molar-refractivity contribution in [3.05, 3.63) is 18.0 Å². The minimum Gasteiger partial charge on any atom is -0.357 e. The van der Waals surface area contributed by atoms with Crippen LogP contribution in [0.1, 0.15) is 38.2 Å². The van der Waals surface area contributed by atoms with E-state index in [4.69, 9.17) is 0 Å². The molecule has 1 aromatic rings. The van der Waals surface area contributed by atoms with E-state index in [1.54, 1.807) is 0 Å². The van der Waals surface area contributed by atoms with Crippen molar-refractivity contribution in [1.29, 1.82) is 0 Å². The maximum atomic E-state index is 11.6. The van der Waals surface area contributed by atoms with Gasteiger partial charge >= 0.3 is 0 Å². The lowest BCUT2D eigenvalue weighted by Gasteiger charge is -2.15. The molecule has 0 spiro atoms. The number of aryl methyl sites for hydroxylation is 2. The van der Waals surface area contributed by atoms with Gasteiger partial charge in [0, 0.05) is 51.9 Å². The van der Waals surface area contributed by atoms with Crippen molar-refractivity contribution < 1.29 is 4.79 Å². The second-order valence-corrected chi connectivity index (χ2v) is 6.16. The van der Waals surface area contributed by atoms with E-state index < -0.39 is 0 Å². The first-order valence-electron chi connectivity index (χ1n) is 8.98. The van der Waals surface area contributed by atoms with E-state index in [-0.39, 0.29) is 5.91 Å². The van der Waals surface area contributed by atoms with E-state index >= 15 is 0 Å². The fraction of sp³-hybridized carbons (Fsp3) is 0.706. The molecule has 24 heavy (non-hydrogen) atoms. The van der Waals surface area contributed by atoms with Gasteiger partial charge in [-0.1, -0.05) is 0 Å². The molecule has 2 N–H and O–H groups in total. The average molecular weight is 334 g/mol. The summed E-state index contributed by atoms with van der Waals surface area (Å²) in [6, 6.07) is 0. The molecule has 7 heteroatoms. The normalized spacial score (nSPS) is 15.2. The Labute approximate surface area is 144 Å². The number of aliphatic imine (C=N–C) groups is 1. The SMILES string of the molecule is CCNC(=NCCCN1CCCC1=O)NCCCn1cc(C)cn1. The number of nitrogens with zero attached hydrogens (tertiary/aromatic N) is 4. The van der Waals surface area contributed by atoms with E-state index in [0.29, 0.717) is 6.42 Å². The first-order chi connectivity index (χ1) is 11.7. The highest BCUT2D eigenvalue weighted by Gasteiger charge is 2.18. The summed E-state index contributed by atoms with van der Waals surface area (Å²) in [5.41, 5.74) is 1.19. The Balaban J connectivity index is 1.63. The molecule has 0 atom stereocenters. The van der Waals surface area contributed by atoms with Gasteiger partial charge in [0.1, 0.15) is 0 Å². The Kier molecular flexibility index (Phi) is 7.58. The molecule has 2 rings (SSSR count). The van der Waals surface area contributed by atoms with Crippen LogP contribution in [0.5, 0.6) is 0 Å². The summed E-state index contributed by atoms with van der Waals surface area (Å²) >= 11 is 0. The van der Waals surface area contributed by atoms with Crippen LogP contribution in [-0.4, -0.2) is 59.3 Å². The summed E-state index contributed by atoms with van der Waals surface area (Å²) in [5, 5.41) is 10.9. The molecule has 1 amide bonds. The zero-order valence-corrected chi connectivity index (χ0v) is 14.9. The van der Waals surface area contributed by atoms with Crippen LogP contribution in [0.15, 0.2) is 17.4 Å². The summed E-state index contributed by atoms with van der Waals surface area (Å²) in [7, 11) is 0. The summed E-state index contributed by atoms with van der Waals surface area (Å²) in [5.74, 6) is 1.14. The molecule has 0 aliphatic carbocycles. The van der Waals surface area contributed by atoms with E-state index in [1.165, 1.54) is 5.56 Å². The highest BCUT2D eigenvalue weighted by atomic mass is 16.2. The molecule has 0 aromatic carbocycles. The number of amides is 1. The number of hydrogen-bond acceptors (Lipinski definition) is 3. The van der Waals surface area contributed by atoms with E-state index in [9.17, 15) is 4.79 Å². The van der Waals surface area contributed by atoms with Crippen LogP contribution in [0.2, 0.25) is 0 Å². The minimum atomic E-state index is 0.290. The van der Waals surface area contributed by atoms with Crippen LogP contribution in [-0.2, 0) is 11.3 Å². The molecule has 0 bridgehead atoms. The standard InChI is InChI=1S/C17H30N6O/c1-3-18-17(19-8-5-11-22-10-4-7-16(22)24)20-9-6-12-23-14-15(2)13-21-23/h13-14H,3-12H2,1-2H3,(H2,18,19,20). The number of rotatable bonds is 9. The first kappa shape index (κ1) is 18.3. The molecular formula is C17H30N6O. The molecule has 1 aliphatic heterocycles. The van der Waals surface area contributed by atoms with Gasteiger partial charge in [-0.25, -0.2) is 0 Å². The number of guanidine groups is 1. The monoisotopic (exact) mass is 334 g/mol. The van der Waals surface area contributed by atoms with Gasteiger partial charge in [-0.15, -0.1) is 0 Å². The zero-order chi connectivity index (χ0) is 17.2. The number of nitrogens with one attached hydrogen (secondary N) is 2. The zero-order valence-electron chi connectivity index (χ0n) is 14.9. The summed E-state index contributed by atoms with van der Waals surface area (Å²) in [6.07, 6.45) is 7.55. The molecule has 2 heterocycles. The Hall–Kier alpha value is -2.05. The van der Waals surface area contributed by atoms with Gasteiger partial charge in [-0.05, 0) is 38.7 Å². The lowest BCUT2D eigenvalue weighted by molar-refractivity contribution is -0.127. The molecule has 0 unspecified atom stereocenters. The fourth-order valence-corrected chi connectivity index (χ4v) is 2.77. The van der Waals surface area contributed by atoms with Gasteiger partial charge < -0.3 is 15.5 Å². The smallest absolute Gasteiger partial charge is 0.222 e. The van der Waals surface area contributed by atoms with Crippen molar-refractivity contribution >= 4 is 11.9 Å². The number of carbonyl (C=O) groups is 1. The van der Waals surface area contributed by atoms with E-state index in [0.717, 1.165) is 64.5 Å². The van der Waals surface area contributed by atoms with Gasteiger partial charge in [-0.3, -0.25) is 14.5 Å². The second kappa shape index (κ2) is 9.95. The number of hydrogen-bond donors (Lipinski definition) is 2. The number of aromatic nitrogens is 2. The lowest BCUT2D eigenvalue weighted by Crippen LogP contribution is -2.38. The highest BCUT2D eigenvalue weighted by Crippen LogP contribution is 2.09. The Morgan fingerprint density at radius 1 is 1.33 bits per heavy atom. The van der Waals surface area contributed by atoms with Crippen LogP contribution >= 0.6 is 0 Å². The maximum absolute atomic E-state index is 11.6. The Bertz CT molecular complexity index is 539. The van der Waals surface area contributed by atoms with Crippen molar-refractivity contribution in [1.82, 2.24) is 25.3 Å². The maximum Gasteiger partial charge on any atom is 0.222 e. The molecule has 1 aromatic heterocycles. The minimum absolute atomic E-state index is 0.290. The van der Waals surface area contributed by atoms with Gasteiger partial charge in [0.2, 0.25) is 5.91 Å². The Morgan fingerprint density at radius 2 is 2.21 bits per heavy atom. The molecule has 0 saturated carbocycles. The van der Waals surface area contributed by atoms with Crippen molar-refractivity contribution in [2.45, 2.75) is 46.1 Å². The van der Waals surface area contributed by atoms with Crippen molar-refractivity contribution in [2.24, 2.45) is 4.99 Å². The molecule has 1 saturated heterocycles. The topological polar surface area (TPSA) is 74.6 Å². The first-order valence-corrected chi connectivity index (χ1v) is 8.98. The van der Waals surface area contributed by atoms with Crippen molar-refractivity contribution in [3.63, 3.8) is 0 Å². The molecule has 7 nitrogen and oxygen atoms in total. The number of carbonyl (C=O) groups excluding carboxylic acids is 1. The summed E-state index contributed by atoms with van der Waals surface area (Å²) in [6.45, 7) is 9.17. The summed E-state index contributed by atoms with van der Waals surface area (Å²) < 4.78 is 1.97. The van der Waals surface area contributed by atoms with Crippen LogP contribution in [0.25, 0.3) is 0 Å². The van der Waals surface area contributed by atoms with Crippen LogP contribution in [0.3, 0.4) is 0 Å². The molecule has 1 fully saturated rings. The quantitative estimate of drug-likeness (QED) is 0.404. The van der Waals surface area contributed by atoms with Gasteiger partial charge in [0.15, 0.2) is 5.96 Å². The average Bonchev–Trinajstić information content (AvgIpc) is 3.16. The van der Waals surface area contributed by atoms with Crippen LogP contribution in [0.4, 0.5) is 0 Å². The predicted molar refractivity (Wildman–Crippen MR) is 96.0 cm³/mol. The second-order valence-electron chi connectivity index (χ2n) is 6.16. The van der Waals surface area contributed by atoms with Gasteiger partial charge in [0.05, 0.1) is 6.20 Å². The molecule has 0 radical (unpaired) electrons. The van der Waals surface area contributed by atoms with E-state index in [1.807, 2.05) is 22.7 Å². The van der Waals surface area contributed by atoms with Gasteiger partial charge in [-0.2, -0.15) is 5.10 Å².